The van der Waals surface area contributed by atoms with Crippen LogP contribution in [-0.4, -0.2) is 50.1 Å². The van der Waals surface area contributed by atoms with E-state index >= 15 is 0 Å². The van der Waals surface area contributed by atoms with E-state index in [1.165, 1.54) is 32.2 Å². The van der Waals surface area contributed by atoms with Crippen molar-refractivity contribution < 1.29 is 0 Å². The van der Waals surface area contributed by atoms with E-state index in [4.69, 9.17) is 0 Å². The van der Waals surface area contributed by atoms with Crippen molar-refractivity contribution in [3.63, 3.8) is 0 Å². The number of rotatable bonds is 6. The summed E-state index contributed by atoms with van der Waals surface area (Å²) < 4.78 is 0. The summed E-state index contributed by atoms with van der Waals surface area (Å²) in [5.41, 5.74) is 0. The van der Waals surface area contributed by atoms with E-state index in [1.54, 1.807) is 7.05 Å². The molecule has 0 aromatic heterocycles. The molecule has 0 amide bonds. The Hall–Kier alpha value is -0.300. The Balaban J connectivity index is 0.00000324. The van der Waals surface area contributed by atoms with Crippen molar-refractivity contribution in [2.24, 2.45) is 4.99 Å². The normalized spacial score (nSPS) is 20.5. The standard InChI is InChI=1S/C14H28N4.HI/c1-4-9-16-14(15-3)17-10-12-18-11-7-6-8-13(18)5-2;/h4,13H,1,5-12H2,2-3H3,(H2,15,16,17);1H. The van der Waals surface area contributed by atoms with Gasteiger partial charge in [-0.05, 0) is 25.8 Å². The highest BCUT2D eigenvalue weighted by Gasteiger charge is 2.19. The molecule has 1 fully saturated rings. The molecule has 1 saturated heterocycles. The minimum atomic E-state index is 0. The lowest BCUT2D eigenvalue weighted by atomic mass is 10.0. The predicted molar refractivity (Wildman–Crippen MR) is 94.5 cm³/mol. The van der Waals surface area contributed by atoms with Crippen LogP contribution < -0.4 is 10.6 Å². The third-order valence-electron chi connectivity index (χ3n) is 3.55. The van der Waals surface area contributed by atoms with Crippen LogP contribution in [-0.2, 0) is 0 Å². The number of hydrogen-bond acceptors (Lipinski definition) is 2. The Morgan fingerprint density at radius 3 is 2.84 bits per heavy atom. The number of guanidine groups is 1. The molecule has 1 unspecified atom stereocenters. The van der Waals surface area contributed by atoms with Gasteiger partial charge >= 0.3 is 0 Å². The summed E-state index contributed by atoms with van der Waals surface area (Å²) in [6, 6.07) is 0.781. The third kappa shape index (κ3) is 7.15. The van der Waals surface area contributed by atoms with Gasteiger partial charge in [0, 0.05) is 32.7 Å². The van der Waals surface area contributed by atoms with E-state index in [9.17, 15) is 0 Å². The van der Waals surface area contributed by atoms with E-state index in [-0.39, 0.29) is 24.0 Å². The zero-order chi connectivity index (χ0) is 13.2. The van der Waals surface area contributed by atoms with Gasteiger partial charge in [-0.25, -0.2) is 0 Å². The Kier molecular flexibility index (Phi) is 11.3. The van der Waals surface area contributed by atoms with Crippen molar-refractivity contribution in [3.05, 3.63) is 12.7 Å². The lowest BCUT2D eigenvalue weighted by molar-refractivity contribution is 0.147. The molecule has 19 heavy (non-hydrogen) atoms. The third-order valence-corrected chi connectivity index (χ3v) is 3.55. The maximum atomic E-state index is 4.18. The van der Waals surface area contributed by atoms with Crippen LogP contribution in [0.1, 0.15) is 32.6 Å². The van der Waals surface area contributed by atoms with Crippen molar-refractivity contribution in [1.82, 2.24) is 15.5 Å². The van der Waals surface area contributed by atoms with Crippen molar-refractivity contribution in [2.75, 3.05) is 33.2 Å². The first-order valence-corrected chi connectivity index (χ1v) is 7.11. The summed E-state index contributed by atoms with van der Waals surface area (Å²) in [6.45, 7) is 10.0. The summed E-state index contributed by atoms with van der Waals surface area (Å²) in [4.78, 5) is 6.78. The van der Waals surface area contributed by atoms with Crippen molar-refractivity contribution in [2.45, 2.75) is 38.6 Å². The van der Waals surface area contributed by atoms with Gasteiger partial charge in [-0.2, -0.15) is 0 Å². The molecule has 0 aromatic carbocycles. The molecule has 1 heterocycles. The highest BCUT2D eigenvalue weighted by Crippen LogP contribution is 2.18. The minimum absolute atomic E-state index is 0. The molecule has 1 aliphatic rings. The minimum Gasteiger partial charge on any atom is -0.355 e. The molecule has 0 radical (unpaired) electrons. The van der Waals surface area contributed by atoms with Crippen LogP contribution in [0.4, 0.5) is 0 Å². The Bertz CT molecular complexity index is 268. The van der Waals surface area contributed by atoms with Crippen molar-refractivity contribution in [3.8, 4) is 0 Å². The highest BCUT2D eigenvalue weighted by atomic mass is 127. The molecule has 0 saturated carbocycles. The van der Waals surface area contributed by atoms with Crippen LogP contribution in [0.3, 0.4) is 0 Å². The molecular formula is C14H29IN4. The van der Waals surface area contributed by atoms with Crippen LogP contribution in [0, 0.1) is 0 Å². The molecular weight excluding hydrogens is 351 g/mol. The van der Waals surface area contributed by atoms with Gasteiger partial charge in [0.15, 0.2) is 5.96 Å². The van der Waals surface area contributed by atoms with E-state index < -0.39 is 0 Å². The second-order valence-electron chi connectivity index (χ2n) is 4.76. The molecule has 0 aromatic rings. The zero-order valence-corrected chi connectivity index (χ0v) is 14.7. The van der Waals surface area contributed by atoms with Gasteiger partial charge in [-0.1, -0.05) is 19.4 Å². The average Bonchev–Trinajstić information content (AvgIpc) is 2.43. The molecule has 0 spiro atoms. The quantitative estimate of drug-likeness (QED) is 0.321. The molecule has 1 aliphatic heterocycles. The molecule has 1 rings (SSSR count). The smallest absolute Gasteiger partial charge is 0.191 e. The zero-order valence-electron chi connectivity index (χ0n) is 12.3. The topological polar surface area (TPSA) is 39.7 Å². The fourth-order valence-electron chi connectivity index (χ4n) is 2.52. The molecule has 2 N–H and O–H groups in total. The Morgan fingerprint density at radius 2 is 2.21 bits per heavy atom. The maximum absolute atomic E-state index is 4.18. The van der Waals surface area contributed by atoms with E-state index in [2.05, 4.69) is 34.0 Å². The molecule has 0 aliphatic carbocycles. The van der Waals surface area contributed by atoms with Gasteiger partial charge < -0.3 is 10.6 Å². The molecule has 1 atom stereocenters. The monoisotopic (exact) mass is 380 g/mol. The number of piperidine rings is 1. The SMILES string of the molecule is C=CCNC(=NC)NCCN1CCCCC1CC.I. The Labute approximate surface area is 135 Å². The maximum Gasteiger partial charge on any atom is 0.191 e. The number of nitrogens with one attached hydrogen (secondary N) is 2. The van der Waals surface area contributed by atoms with E-state index in [1.807, 2.05) is 6.08 Å². The lowest BCUT2D eigenvalue weighted by Gasteiger charge is -2.35. The van der Waals surface area contributed by atoms with Crippen LogP contribution in [0.15, 0.2) is 17.6 Å². The fraction of sp³-hybridized carbons (Fsp3) is 0.786. The van der Waals surface area contributed by atoms with Gasteiger partial charge in [-0.15, -0.1) is 30.6 Å². The summed E-state index contributed by atoms with van der Waals surface area (Å²) in [5.74, 6) is 0.861. The predicted octanol–water partition coefficient (Wildman–Crippen LogP) is 2.22. The second-order valence-corrected chi connectivity index (χ2v) is 4.76. The van der Waals surface area contributed by atoms with Gasteiger partial charge in [0.25, 0.3) is 0 Å². The number of nitrogens with zero attached hydrogens (tertiary/aromatic N) is 2. The first-order chi connectivity index (χ1) is 8.81. The number of hydrogen-bond donors (Lipinski definition) is 2. The summed E-state index contributed by atoms with van der Waals surface area (Å²) in [5, 5.41) is 6.53. The van der Waals surface area contributed by atoms with Gasteiger partial charge in [0.2, 0.25) is 0 Å². The largest absolute Gasteiger partial charge is 0.355 e. The number of likely N-dealkylation sites (tertiary alicyclic amines) is 1. The van der Waals surface area contributed by atoms with Crippen LogP contribution in [0.5, 0.6) is 0 Å². The second kappa shape index (κ2) is 11.5. The average molecular weight is 380 g/mol. The summed E-state index contributed by atoms with van der Waals surface area (Å²) >= 11 is 0. The molecule has 0 bridgehead atoms. The van der Waals surface area contributed by atoms with Crippen molar-refractivity contribution >= 4 is 29.9 Å². The van der Waals surface area contributed by atoms with E-state index in [0.717, 1.165) is 31.6 Å². The van der Waals surface area contributed by atoms with E-state index in [0.29, 0.717) is 0 Å². The summed E-state index contributed by atoms with van der Waals surface area (Å²) in [6.07, 6.45) is 7.21. The van der Waals surface area contributed by atoms with Crippen LogP contribution >= 0.6 is 24.0 Å². The van der Waals surface area contributed by atoms with Gasteiger partial charge in [0.05, 0.1) is 0 Å². The Morgan fingerprint density at radius 1 is 1.42 bits per heavy atom. The highest BCUT2D eigenvalue weighted by molar-refractivity contribution is 14.0. The fourth-order valence-corrected chi connectivity index (χ4v) is 2.52. The summed E-state index contributed by atoms with van der Waals surface area (Å²) in [7, 11) is 1.80. The molecule has 5 heteroatoms. The lowest BCUT2D eigenvalue weighted by Crippen LogP contribution is -2.45. The molecule has 112 valence electrons. The van der Waals surface area contributed by atoms with Gasteiger partial charge in [0.1, 0.15) is 0 Å². The number of aliphatic imine (C=N–C) groups is 1. The first kappa shape index (κ1) is 18.7. The van der Waals surface area contributed by atoms with Crippen LogP contribution in [0.25, 0.3) is 0 Å². The molecule has 4 nitrogen and oxygen atoms in total. The first-order valence-electron chi connectivity index (χ1n) is 7.11. The van der Waals surface area contributed by atoms with Crippen molar-refractivity contribution in [1.29, 1.82) is 0 Å². The van der Waals surface area contributed by atoms with Crippen LogP contribution in [0.2, 0.25) is 0 Å². The van der Waals surface area contributed by atoms with Gasteiger partial charge in [-0.3, -0.25) is 9.89 Å². The number of halogens is 1.